The van der Waals surface area contributed by atoms with Crippen molar-refractivity contribution in [2.45, 2.75) is 44.8 Å². The van der Waals surface area contributed by atoms with E-state index >= 15 is 0 Å². The Bertz CT molecular complexity index is 102. The third-order valence-corrected chi connectivity index (χ3v) is 2.33. The third-order valence-electron chi connectivity index (χ3n) is 2.33. The minimum Gasteiger partial charge on any atom is -0.379 e. The van der Waals surface area contributed by atoms with Crippen LogP contribution in [0.15, 0.2) is 0 Å². The summed E-state index contributed by atoms with van der Waals surface area (Å²) in [5.41, 5.74) is 0. The molecule has 2 atom stereocenters. The fourth-order valence-electron chi connectivity index (χ4n) is 1.74. The van der Waals surface area contributed by atoms with E-state index < -0.39 is 0 Å². The van der Waals surface area contributed by atoms with Gasteiger partial charge in [-0.25, -0.2) is 0 Å². The van der Waals surface area contributed by atoms with E-state index in [2.05, 4.69) is 0 Å². The van der Waals surface area contributed by atoms with Crippen LogP contribution < -0.4 is 0 Å². The van der Waals surface area contributed by atoms with Gasteiger partial charge in [0.1, 0.15) is 0 Å². The Morgan fingerprint density at radius 3 is 2.36 bits per heavy atom. The Kier molecular flexibility index (Phi) is 3.87. The van der Waals surface area contributed by atoms with Gasteiger partial charge in [-0.2, -0.15) is 0 Å². The molecule has 0 aromatic heterocycles. The largest absolute Gasteiger partial charge is 0.379 e. The topological polar surface area (TPSA) is 18.5 Å². The van der Waals surface area contributed by atoms with E-state index in [1.54, 1.807) is 7.11 Å². The maximum absolute atomic E-state index is 5.56. The molecular formula is C9H18O2. The van der Waals surface area contributed by atoms with Gasteiger partial charge in [0, 0.05) is 13.7 Å². The van der Waals surface area contributed by atoms with Crippen molar-refractivity contribution in [3.05, 3.63) is 0 Å². The maximum Gasteiger partial charge on any atom is 0.0836 e. The van der Waals surface area contributed by atoms with E-state index in [1.807, 2.05) is 6.92 Å². The molecule has 0 heterocycles. The van der Waals surface area contributed by atoms with Gasteiger partial charge >= 0.3 is 0 Å². The molecule has 2 unspecified atom stereocenters. The van der Waals surface area contributed by atoms with Gasteiger partial charge in [0.15, 0.2) is 0 Å². The Balaban J connectivity index is 2.31. The van der Waals surface area contributed by atoms with E-state index in [0.717, 1.165) is 6.61 Å². The smallest absolute Gasteiger partial charge is 0.0836 e. The predicted molar refractivity (Wildman–Crippen MR) is 44.7 cm³/mol. The number of ether oxygens (including phenoxy) is 2. The van der Waals surface area contributed by atoms with Crippen molar-refractivity contribution in [2.24, 2.45) is 0 Å². The van der Waals surface area contributed by atoms with E-state index in [4.69, 9.17) is 9.47 Å². The zero-order valence-corrected chi connectivity index (χ0v) is 7.51. The molecule has 0 amide bonds. The molecule has 1 saturated carbocycles. The summed E-state index contributed by atoms with van der Waals surface area (Å²) >= 11 is 0. The van der Waals surface area contributed by atoms with Crippen molar-refractivity contribution in [2.75, 3.05) is 13.7 Å². The highest BCUT2D eigenvalue weighted by Gasteiger charge is 2.24. The van der Waals surface area contributed by atoms with Crippen LogP contribution in [0.5, 0.6) is 0 Å². The maximum atomic E-state index is 5.56. The van der Waals surface area contributed by atoms with Crippen LogP contribution in [0.4, 0.5) is 0 Å². The van der Waals surface area contributed by atoms with Gasteiger partial charge in [-0.1, -0.05) is 12.8 Å². The molecule has 0 N–H and O–H groups in total. The van der Waals surface area contributed by atoms with Crippen molar-refractivity contribution in [1.82, 2.24) is 0 Å². The SMILES string of the molecule is CCOC1CCCCC1OC. The Morgan fingerprint density at radius 2 is 1.82 bits per heavy atom. The van der Waals surface area contributed by atoms with Gasteiger partial charge in [-0.15, -0.1) is 0 Å². The molecule has 0 aliphatic heterocycles. The Morgan fingerprint density at radius 1 is 1.18 bits per heavy atom. The van der Waals surface area contributed by atoms with Crippen LogP contribution in [0, 0.1) is 0 Å². The molecule has 0 saturated heterocycles. The van der Waals surface area contributed by atoms with Crippen molar-refractivity contribution in [1.29, 1.82) is 0 Å². The van der Waals surface area contributed by atoms with E-state index in [1.165, 1.54) is 25.7 Å². The molecule has 0 radical (unpaired) electrons. The van der Waals surface area contributed by atoms with Crippen LogP contribution in [-0.4, -0.2) is 25.9 Å². The molecular weight excluding hydrogens is 140 g/mol. The molecule has 1 aliphatic rings. The molecule has 2 heteroatoms. The fourth-order valence-corrected chi connectivity index (χ4v) is 1.74. The molecule has 11 heavy (non-hydrogen) atoms. The highest BCUT2D eigenvalue weighted by atomic mass is 16.5. The molecule has 0 bridgehead atoms. The van der Waals surface area contributed by atoms with Gasteiger partial charge in [-0.05, 0) is 19.8 Å². The second kappa shape index (κ2) is 4.73. The van der Waals surface area contributed by atoms with E-state index in [0.29, 0.717) is 12.2 Å². The minimum absolute atomic E-state index is 0.351. The summed E-state index contributed by atoms with van der Waals surface area (Å²) in [6.07, 6.45) is 5.64. The number of hydrogen-bond acceptors (Lipinski definition) is 2. The van der Waals surface area contributed by atoms with Crippen LogP contribution in [0.25, 0.3) is 0 Å². The zero-order chi connectivity index (χ0) is 8.10. The highest BCUT2D eigenvalue weighted by molar-refractivity contribution is 4.75. The summed E-state index contributed by atoms with van der Waals surface area (Å²) in [6, 6.07) is 0. The van der Waals surface area contributed by atoms with Crippen molar-refractivity contribution < 1.29 is 9.47 Å². The summed E-state index contributed by atoms with van der Waals surface area (Å²) in [5.74, 6) is 0. The average Bonchev–Trinajstić information content (AvgIpc) is 2.06. The van der Waals surface area contributed by atoms with Crippen LogP contribution in [0.3, 0.4) is 0 Å². The summed E-state index contributed by atoms with van der Waals surface area (Å²) in [5, 5.41) is 0. The molecule has 2 nitrogen and oxygen atoms in total. The predicted octanol–water partition coefficient (Wildman–Crippen LogP) is 1.98. The van der Waals surface area contributed by atoms with Crippen molar-refractivity contribution >= 4 is 0 Å². The first-order valence-corrected chi connectivity index (χ1v) is 4.53. The molecule has 0 spiro atoms. The second-order valence-corrected chi connectivity index (χ2v) is 3.05. The summed E-state index contributed by atoms with van der Waals surface area (Å²) in [7, 11) is 1.78. The molecule has 0 aromatic carbocycles. The molecule has 1 aliphatic carbocycles. The van der Waals surface area contributed by atoms with Gasteiger partial charge in [0.2, 0.25) is 0 Å². The first-order chi connectivity index (χ1) is 5.38. The number of hydrogen-bond donors (Lipinski definition) is 0. The van der Waals surface area contributed by atoms with Crippen LogP contribution in [0.2, 0.25) is 0 Å². The van der Waals surface area contributed by atoms with Crippen molar-refractivity contribution in [3.8, 4) is 0 Å². The molecule has 0 aromatic rings. The van der Waals surface area contributed by atoms with Crippen LogP contribution in [0.1, 0.15) is 32.6 Å². The van der Waals surface area contributed by atoms with Gasteiger partial charge in [0.25, 0.3) is 0 Å². The quantitative estimate of drug-likeness (QED) is 0.625. The summed E-state index contributed by atoms with van der Waals surface area (Å²) < 4.78 is 10.9. The lowest BCUT2D eigenvalue weighted by atomic mass is 9.95. The minimum atomic E-state index is 0.351. The molecule has 1 fully saturated rings. The lowest BCUT2D eigenvalue weighted by Gasteiger charge is -2.29. The monoisotopic (exact) mass is 158 g/mol. The summed E-state index contributed by atoms with van der Waals surface area (Å²) in [6.45, 7) is 2.85. The Labute approximate surface area is 68.9 Å². The fraction of sp³-hybridized carbons (Fsp3) is 1.00. The summed E-state index contributed by atoms with van der Waals surface area (Å²) in [4.78, 5) is 0. The normalized spacial score (nSPS) is 32.2. The lowest BCUT2D eigenvalue weighted by molar-refractivity contribution is -0.0728. The first-order valence-electron chi connectivity index (χ1n) is 4.53. The average molecular weight is 158 g/mol. The lowest BCUT2D eigenvalue weighted by Crippen LogP contribution is -2.33. The van der Waals surface area contributed by atoms with Crippen LogP contribution in [-0.2, 0) is 9.47 Å². The number of rotatable bonds is 3. The Hall–Kier alpha value is -0.0800. The molecule has 1 rings (SSSR count). The van der Waals surface area contributed by atoms with Crippen molar-refractivity contribution in [3.63, 3.8) is 0 Å². The zero-order valence-electron chi connectivity index (χ0n) is 7.51. The van der Waals surface area contributed by atoms with E-state index in [9.17, 15) is 0 Å². The second-order valence-electron chi connectivity index (χ2n) is 3.05. The first kappa shape index (κ1) is 9.01. The van der Waals surface area contributed by atoms with Gasteiger partial charge in [0.05, 0.1) is 12.2 Å². The standard InChI is InChI=1S/C9H18O2/c1-3-11-9-7-5-4-6-8(9)10-2/h8-9H,3-7H2,1-2H3. The highest BCUT2D eigenvalue weighted by Crippen LogP contribution is 2.22. The third kappa shape index (κ3) is 2.46. The van der Waals surface area contributed by atoms with E-state index in [-0.39, 0.29) is 0 Å². The molecule has 66 valence electrons. The van der Waals surface area contributed by atoms with Gasteiger partial charge < -0.3 is 9.47 Å². The van der Waals surface area contributed by atoms with Gasteiger partial charge in [-0.3, -0.25) is 0 Å². The van der Waals surface area contributed by atoms with Crippen LogP contribution >= 0.6 is 0 Å². The number of methoxy groups -OCH3 is 1.